The molecule has 10 heteroatoms. The number of hydrogen-bond donors (Lipinski definition) is 2. The molecule has 38 heavy (non-hydrogen) atoms. The van der Waals surface area contributed by atoms with Crippen molar-refractivity contribution in [3.8, 4) is 12.3 Å². The van der Waals surface area contributed by atoms with Crippen molar-refractivity contribution in [2.24, 2.45) is 5.73 Å². The van der Waals surface area contributed by atoms with Crippen LogP contribution >= 0.6 is 23.2 Å². The first-order chi connectivity index (χ1) is 18.3. The number of carbonyl (C=O) groups is 1. The van der Waals surface area contributed by atoms with Crippen molar-refractivity contribution >= 4 is 45.7 Å². The molecule has 0 fully saturated rings. The second kappa shape index (κ2) is 12.1. The Bertz CT molecular complexity index is 1570. The summed E-state index contributed by atoms with van der Waals surface area (Å²) in [4.78, 5) is 33.6. The average Bonchev–Trinajstić information content (AvgIpc) is 2.91. The number of terminal acetylenes is 1. The average molecular weight is 552 g/mol. The molecular weight excluding hydrogens is 528 g/mol. The van der Waals surface area contributed by atoms with Crippen molar-refractivity contribution in [2.75, 3.05) is 18.5 Å². The van der Waals surface area contributed by atoms with Gasteiger partial charge in [0.1, 0.15) is 6.04 Å². The summed E-state index contributed by atoms with van der Waals surface area (Å²) < 4.78 is 16.2. The first-order valence-electron chi connectivity index (χ1n) is 11.8. The Labute approximate surface area is 229 Å². The highest BCUT2D eigenvalue weighted by Crippen LogP contribution is 2.28. The molecule has 0 bridgehead atoms. The van der Waals surface area contributed by atoms with Crippen molar-refractivity contribution in [3.05, 3.63) is 104 Å². The summed E-state index contributed by atoms with van der Waals surface area (Å²) in [6.45, 7) is 0.392. The zero-order valence-corrected chi connectivity index (χ0v) is 21.7. The number of nitrogens with one attached hydrogen (secondary N) is 1. The van der Waals surface area contributed by atoms with Gasteiger partial charge in [-0.3, -0.25) is 15.0 Å². The molecule has 1 atom stereocenters. The quantitative estimate of drug-likeness (QED) is 0.276. The summed E-state index contributed by atoms with van der Waals surface area (Å²) in [6, 6.07) is 17.0. The van der Waals surface area contributed by atoms with Crippen molar-refractivity contribution < 1.29 is 9.18 Å². The lowest BCUT2D eigenvalue weighted by atomic mass is 10.1. The van der Waals surface area contributed by atoms with Gasteiger partial charge in [-0.25, -0.2) is 14.1 Å². The monoisotopic (exact) mass is 551 g/mol. The number of halogens is 3. The largest absolute Gasteiger partial charge is 0.330 e. The van der Waals surface area contributed by atoms with Crippen molar-refractivity contribution in [1.29, 1.82) is 0 Å². The van der Waals surface area contributed by atoms with Crippen LogP contribution in [0, 0.1) is 18.2 Å². The molecule has 1 amide bonds. The van der Waals surface area contributed by atoms with Crippen LogP contribution in [0.1, 0.15) is 35.1 Å². The van der Waals surface area contributed by atoms with E-state index >= 15 is 0 Å². The maximum absolute atomic E-state index is 14.9. The lowest BCUT2D eigenvalue weighted by Crippen LogP contribution is -2.41. The molecule has 0 unspecified atom stereocenters. The molecule has 0 radical (unpaired) electrons. The maximum atomic E-state index is 14.9. The fourth-order valence-electron chi connectivity index (χ4n) is 4.09. The minimum atomic E-state index is -0.926. The number of fused-ring (bicyclic) bond motifs is 1. The Morgan fingerprint density at radius 1 is 1.16 bits per heavy atom. The van der Waals surface area contributed by atoms with Gasteiger partial charge >= 0.3 is 0 Å². The van der Waals surface area contributed by atoms with Gasteiger partial charge in [0.15, 0.2) is 11.6 Å². The number of hydrogen-bond acceptors (Lipinski definition) is 5. The van der Waals surface area contributed by atoms with E-state index in [-0.39, 0.29) is 35.9 Å². The number of aromatic nitrogens is 2. The standard InChI is InChI=1S/C28H24Cl2FN5O2/c1-2-8-24(35(16-7-15-32)27(37)21-11-6-12-22(30)25(21)31)26-33-23-17-18(29)13-14-20(23)28(38)36(26)34-19-9-4-3-5-10-19/h1,3-6,9-14,17,24,34H,7-8,15-16,32H2/t24-/m1/s1. The van der Waals surface area contributed by atoms with Crippen LogP contribution in [-0.4, -0.2) is 33.6 Å². The molecule has 3 aromatic carbocycles. The predicted octanol–water partition coefficient (Wildman–Crippen LogP) is 5.27. The van der Waals surface area contributed by atoms with E-state index in [1.54, 1.807) is 42.5 Å². The number of amides is 1. The van der Waals surface area contributed by atoms with Gasteiger partial charge in [-0.1, -0.05) is 47.5 Å². The Morgan fingerprint density at radius 3 is 2.63 bits per heavy atom. The minimum absolute atomic E-state index is 0.0204. The van der Waals surface area contributed by atoms with E-state index in [1.165, 1.54) is 27.8 Å². The fraction of sp³-hybridized carbons (Fsp3) is 0.179. The van der Waals surface area contributed by atoms with Crippen molar-refractivity contribution in [2.45, 2.75) is 18.9 Å². The fourth-order valence-corrected chi connectivity index (χ4v) is 4.43. The Kier molecular flexibility index (Phi) is 8.64. The number of nitrogens with two attached hydrogens (primary N) is 1. The van der Waals surface area contributed by atoms with Crippen LogP contribution < -0.4 is 16.7 Å². The molecular formula is C28H24Cl2FN5O2. The van der Waals surface area contributed by atoms with E-state index in [2.05, 4.69) is 11.3 Å². The smallest absolute Gasteiger partial charge is 0.280 e. The number of nitrogens with zero attached hydrogens (tertiary/aromatic N) is 3. The van der Waals surface area contributed by atoms with Gasteiger partial charge in [0.2, 0.25) is 0 Å². The zero-order valence-electron chi connectivity index (χ0n) is 20.2. The molecule has 7 nitrogen and oxygen atoms in total. The third-order valence-corrected chi connectivity index (χ3v) is 6.43. The van der Waals surface area contributed by atoms with Gasteiger partial charge in [-0.2, -0.15) is 0 Å². The Morgan fingerprint density at radius 2 is 1.92 bits per heavy atom. The maximum Gasteiger partial charge on any atom is 0.280 e. The van der Waals surface area contributed by atoms with E-state index in [4.69, 9.17) is 40.3 Å². The second-order valence-electron chi connectivity index (χ2n) is 8.42. The number of carbonyl (C=O) groups excluding carboxylic acids is 1. The molecule has 4 aromatic rings. The number of benzene rings is 3. The zero-order chi connectivity index (χ0) is 27.2. The molecule has 0 aliphatic heterocycles. The topological polar surface area (TPSA) is 93.2 Å². The molecule has 0 aliphatic carbocycles. The number of rotatable bonds is 9. The van der Waals surface area contributed by atoms with E-state index in [9.17, 15) is 14.0 Å². The van der Waals surface area contributed by atoms with E-state index in [1.807, 2.05) is 6.07 Å². The van der Waals surface area contributed by atoms with E-state index < -0.39 is 23.3 Å². The van der Waals surface area contributed by atoms with Gasteiger partial charge in [-0.15, -0.1) is 12.3 Å². The van der Waals surface area contributed by atoms with Crippen LogP contribution in [0.5, 0.6) is 0 Å². The highest BCUT2D eigenvalue weighted by Gasteiger charge is 2.31. The van der Waals surface area contributed by atoms with Gasteiger partial charge in [0.05, 0.1) is 27.2 Å². The summed E-state index contributed by atoms with van der Waals surface area (Å²) >= 11 is 12.2. The Hall–Kier alpha value is -3.90. The molecule has 3 N–H and O–H groups in total. The second-order valence-corrected chi connectivity index (χ2v) is 9.26. The van der Waals surface area contributed by atoms with Crippen LogP contribution in [0.25, 0.3) is 10.9 Å². The molecule has 0 aliphatic rings. The van der Waals surface area contributed by atoms with Crippen LogP contribution in [0.15, 0.2) is 71.5 Å². The van der Waals surface area contributed by atoms with Crippen LogP contribution in [0.2, 0.25) is 10.0 Å². The SMILES string of the molecule is C#CC[C@H](c1nc2cc(Cl)ccc2c(=O)n1Nc1ccccc1)N(CCCN)C(=O)c1cccc(Cl)c1F. The molecule has 194 valence electrons. The lowest BCUT2D eigenvalue weighted by Gasteiger charge is -2.32. The van der Waals surface area contributed by atoms with Crippen molar-refractivity contribution in [3.63, 3.8) is 0 Å². The highest BCUT2D eigenvalue weighted by molar-refractivity contribution is 6.31. The summed E-state index contributed by atoms with van der Waals surface area (Å²) in [7, 11) is 0. The highest BCUT2D eigenvalue weighted by atomic mass is 35.5. The molecule has 0 saturated carbocycles. The van der Waals surface area contributed by atoms with Crippen molar-refractivity contribution in [1.82, 2.24) is 14.6 Å². The normalized spacial score (nSPS) is 11.7. The lowest BCUT2D eigenvalue weighted by molar-refractivity contribution is 0.0661. The van der Waals surface area contributed by atoms with Crippen LogP contribution in [0.3, 0.4) is 0 Å². The number of anilines is 1. The first kappa shape index (κ1) is 27.1. The summed E-state index contributed by atoms with van der Waals surface area (Å²) in [5.41, 5.74) is 9.11. The van der Waals surface area contributed by atoms with Gasteiger partial charge in [0, 0.05) is 18.0 Å². The predicted molar refractivity (Wildman–Crippen MR) is 149 cm³/mol. The van der Waals surface area contributed by atoms with Crippen LogP contribution in [-0.2, 0) is 0 Å². The first-order valence-corrected chi connectivity index (χ1v) is 12.5. The summed E-state index contributed by atoms with van der Waals surface area (Å²) in [6.07, 6.45) is 6.11. The van der Waals surface area contributed by atoms with Crippen LogP contribution in [0.4, 0.5) is 10.1 Å². The minimum Gasteiger partial charge on any atom is -0.330 e. The summed E-state index contributed by atoms with van der Waals surface area (Å²) in [5.74, 6) is 1.21. The molecule has 0 spiro atoms. The Balaban J connectivity index is 1.95. The number of para-hydroxylation sites is 1. The van der Waals surface area contributed by atoms with Gasteiger partial charge < -0.3 is 10.6 Å². The molecule has 0 saturated heterocycles. The van der Waals surface area contributed by atoms with E-state index in [0.29, 0.717) is 28.0 Å². The molecule has 1 aromatic heterocycles. The van der Waals surface area contributed by atoms with Gasteiger partial charge in [-0.05, 0) is 55.4 Å². The third kappa shape index (κ3) is 5.65. The van der Waals surface area contributed by atoms with E-state index in [0.717, 1.165) is 0 Å². The summed E-state index contributed by atoms with van der Waals surface area (Å²) in [5, 5.41) is 0.501. The molecule has 1 heterocycles. The van der Waals surface area contributed by atoms with Gasteiger partial charge in [0.25, 0.3) is 11.5 Å². The molecule has 4 rings (SSSR count). The third-order valence-electron chi connectivity index (χ3n) is 5.90.